The van der Waals surface area contributed by atoms with Crippen LogP contribution in [-0.4, -0.2) is 18.0 Å². The molecule has 4 N–H and O–H groups in total. The summed E-state index contributed by atoms with van der Waals surface area (Å²) in [5.74, 6) is -0.322. The van der Waals surface area contributed by atoms with Crippen LogP contribution in [0.25, 0.3) is 0 Å². The van der Waals surface area contributed by atoms with E-state index in [0.29, 0.717) is 0 Å². The summed E-state index contributed by atoms with van der Waals surface area (Å²) in [5.41, 5.74) is 7.28. The van der Waals surface area contributed by atoms with Gasteiger partial charge in [-0.25, -0.2) is 0 Å². The van der Waals surface area contributed by atoms with Crippen LogP contribution in [0.1, 0.15) is 37.4 Å². The largest absolute Gasteiger partial charge is 0.368 e. The lowest BCUT2D eigenvalue weighted by Crippen LogP contribution is -2.52. The quantitative estimate of drug-likeness (QED) is 0.748. The van der Waals surface area contributed by atoms with Crippen molar-refractivity contribution in [3.63, 3.8) is 0 Å². The van der Waals surface area contributed by atoms with Gasteiger partial charge in [0.05, 0.1) is 5.54 Å². The van der Waals surface area contributed by atoms with Gasteiger partial charge in [-0.15, -0.1) is 0 Å². The molecule has 0 saturated carbocycles. The van der Waals surface area contributed by atoms with Gasteiger partial charge in [-0.2, -0.15) is 0 Å². The molecule has 1 unspecified atom stereocenters. The Bertz CT molecular complexity index is 442. The zero-order chi connectivity index (χ0) is 13.2. The van der Waals surface area contributed by atoms with Gasteiger partial charge in [0.25, 0.3) is 0 Å². The van der Waals surface area contributed by atoms with E-state index >= 15 is 0 Å². The van der Waals surface area contributed by atoms with Crippen molar-refractivity contribution in [2.45, 2.75) is 38.4 Å². The SMILES string of the molecule is CC(C)(NC1CCNCc2ccccc21)C(N)=O. The minimum atomic E-state index is -0.692. The maximum Gasteiger partial charge on any atom is 0.237 e. The van der Waals surface area contributed by atoms with Crippen LogP contribution in [0.5, 0.6) is 0 Å². The number of carbonyl (C=O) groups excluding carboxylic acids is 1. The Morgan fingerprint density at radius 2 is 2.17 bits per heavy atom. The predicted octanol–water partition coefficient (Wildman–Crippen LogP) is 1.07. The molecule has 1 heterocycles. The zero-order valence-electron chi connectivity index (χ0n) is 11.0. The highest BCUT2D eigenvalue weighted by atomic mass is 16.1. The Hall–Kier alpha value is -1.39. The molecule has 98 valence electrons. The topological polar surface area (TPSA) is 67.2 Å². The Kier molecular flexibility index (Phi) is 3.68. The summed E-state index contributed by atoms with van der Waals surface area (Å²) in [6, 6.07) is 8.49. The molecule has 1 atom stereocenters. The molecule has 0 radical (unpaired) electrons. The highest BCUT2D eigenvalue weighted by molar-refractivity contribution is 5.83. The summed E-state index contributed by atoms with van der Waals surface area (Å²) in [5, 5.41) is 6.77. The summed E-state index contributed by atoms with van der Waals surface area (Å²) < 4.78 is 0. The highest BCUT2D eigenvalue weighted by Gasteiger charge is 2.29. The van der Waals surface area contributed by atoms with Crippen LogP contribution in [-0.2, 0) is 11.3 Å². The summed E-state index contributed by atoms with van der Waals surface area (Å²) in [6.07, 6.45) is 0.952. The minimum Gasteiger partial charge on any atom is -0.368 e. The molecule has 4 nitrogen and oxygen atoms in total. The van der Waals surface area contributed by atoms with Crippen molar-refractivity contribution in [3.8, 4) is 0 Å². The highest BCUT2D eigenvalue weighted by Crippen LogP contribution is 2.25. The molecule has 1 aromatic carbocycles. The van der Waals surface area contributed by atoms with Gasteiger partial charge >= 0.3 is 0 Å². The second kappa shape index (κ2) is 5.08. The number of amides is 1. The van der Waals surface area contributed by atoms with E-state index in [-0.39, 0.29) is 11.9 Å². The van der Waals surface area contributed by atoms with E-state index in [2.05, 4.69) is 22.8 Å². The molecule has 4 heteroatoms. The van der Waals surface area contributed by atoms with Crippen LogP contribution in [0.4, 0.5) is 0 Å². The Morgan fingerprint density at radius 1 is 1.44 bits per heavy atom. The molecule has 0 spiro atoms. The number of hydrogen-bond donors (Lipinski definition) is 3. The van der Waals surface area contributed by atoms with Crippen molar-refractivity contribution in [1.82, 2.24) is 10.6 Å². The first-order valence-corrected chi connectivity index (χ1v) is 6.37. The van der Waals surface area contributed by atoms with Crippen LogP contribution in [0.15, 0.2) is 24.3 Å². The maximum atomic E-state index is 11.4. The van der Waals surface area contributed by atoms with Crippen molar-refractivity contribution < 1.29 is 4.79 Å². The van der Waals surface area contributed by atoms with Gasteiger partial charge in [0, 0.05) is 12.6 Å². The van der Waals surface area contributed by atoms with E-state index in [1.54, 1.807) is 0 Å². The second-order valence-electron chi connectivity index (χ2n) is 5.35. The fourth-order valence-electron chi connectivity index (χ4n) is 2.32. The van der Waals surface area contributed by atoms with Gasteiger partial charge in [0.1, 0.15) is 0 Å². The van der Waals surface area contributed by atoms with Crippen LogP contribution < -0.4 is 16.4 Å². The monoisotopic (exact) mass is 247 g/mol. The normalized spacial score (nSPS) is 20.0. The van der Waals surface area contributed by atoms with Gasteiger partial charge in [-0.3, -0.25) is 10.1 Å². The Labute approximate surface area is 108 Å². The lowest BCUT2D eigenvalue weighted by Gasteiger charge is -2.29. The van der Waals surface area contributed by atoms with Crippen molar-refractivity contribution in [3.05, 3.63) is 35.4 Å². The van der Waals surface area contributed by atoms with E-state index in [9.17, 15) is 4.79 Å². The van der Waals surface area contributed by atoms with Gasteiger partial charge in [0.2, 0.25) is 5.91 Å². The van der Waals surface area contributed by atoms with Crippen LogP contribution >= 0.6 is 0 Å². The third-order valence-corrected chi connectivity index (χ3v) is 3.51. The number of carbonyl (C=O) groups is 1. The molecule has 1 aliphatic heterocycles. The van der Waals surface area contributed by atoms with Crippen LogP contribution in [0.3, 0.4) is 0 Å². The van der Waals surface area contributed by atoms with Gasteiger partial charge in [0.15, 0.2) is 0 Å². The fraction of sp³-hybridized carbons (Fsp3) is 0.500. The maximum absolute atomic E-state index is 11.4. The second-order valence-corrected chi connectivity index (χ2v) is 5.35. The van der Waals surface area contributed by atoms with E-state index in [4.69, 9.17) is 5.73 Å². The van der Waals surface area contributed by atoms with Crippen molar-refractivity contribution in [2.75, 3.05) is 6.54 Å². The van der Waals surface area contributed by atoms with E-state index in [1.807, 2.05) is 26.0 Å². The molecule has 1 amide bonds. The molecule has 1 aliphatic rings. The molecular formula is C14H21N3O. The van der Waals surface area contributed by atoms with E-state index in [0.717, 1.165) is 19.5 Å². The molecule has 2 rings (SSSR count). The minimum absolute atomic E-state index is 0.165. The number of nitrogens with one attached hydrogen (secondary N) is 2. The first-order valence-electron chi connectivity index (χ1n) is 6.37. The van der Waals surface area contributed by atoms with Crippen molar-refractivity contribution in [1.29, 1.82) is 0 Å². The average Bonchev–Trinajstić information content (AvgIpc) is 2.52. The molecular weight excluding hydrogens is 226 g/mol. The fourth-order valence-corrected chi connectivity index (χ4v) is 2.32. The van der Waals surface area contributed by atoms with Gasteiger partial charge < -0.3 is 11.1 Å². The number of hydrogen-bond acceptors (Lipinski definition) is 3. The van der Waals surface area contributed by atoms with Crippen LogP contribution in [0, 0.1) is 0 Å². The van der Waals surface area contributed by atoms with E-state index in [1.165, 1.54) is 11.1 Å². The summed E-state index contributed by atoms with van der Waals surface area (Å²) in [6.45, 7) is 5.47. The van der Waals surface area contributed by atoms with Crippen molar-refractivity contribution in [2.24, 2.45) is 5.73 Å². The third kappa shape index (κ3) is 2.71. The number of nitrogens with two attached hydrogens (primary N) is 1. The molecule has 0 saturated heterocycles. The average molecular weight is 247 g/mol. The molecule has 1 aromatic rings. The lowest BCUT2D eigenvalue weighted by atomic mass is 9.95. The first-order chi connectivity index (χ1) is 8.50. The smallest absolute Gasteiger partial charge is 0.237 e. The molecule has 0 bridgehead atoms. The molecule has 0 aliphatic carbocycles. The van der Waals surface area contributed by atoms with Gasteiger partial charge in [-0.05, 0) is 37.9 Å². The summed E-state index contributed by atoms with van der Waals surface area (Å²) in [7, 11) is 0. The number of benzene rings is 1. The van der Waals surface area contributed by atoms with Crippen LogP contribution in [0.2, 0.25) is 0 Å². The Balaban J connectivity index is 2.26. The standard InChI is InChI=1S/C14H21N3O/c1-14(2,13(15)18)17-12-7-8-16-9-10-5-3-4-6-11(10)12/h3-6,12,16-17H,7-9H2,1-2H3,(H2,15,18). The Morgan fingerprint density at radius 3 is 2.89 bits per heavy atom. The number of primary amides is 1. The first kappa shape index (κ1) is 13.1. The van der Waals surface area contributed by atoms with E-state index < -0.39 is 5.54 Å². The third-order valence-electron chi connectivity index (χ3n) is 3.51. The molecule has 18 heavy (non-hydrogen) atoms. The van der Waals surface area contributed by atoms with Gasteiger partial charge in [-0.1, -0.05) is 24.3 Å². The summed E-state index contributed by atoms with van der Waals surface area (Å²) >= 11 is 0. The van der Waals surface area contributed by atoms with Crippen molar-refractivity contribution >= 4 is 5.91 Å². The predicted molar refractivity (Wildman–Crippen MR) is 71.9 cm³/mol. The molecule has 0 aromatic heterocycles. The number of fused-ring (bicyclic) bond motifs is 1. The lowest BCUT2D eigenvalue weighted by molar-refractivity contribution is -0.123. The zero-order valence-corrected chi connectivity index (χ0v) is 11.0. The molecule has 0 fully saturated rings. The number of rotatable bonds is 3. The summed E-state index contributed by atoms with van der Waals surface area (Å²) in [4.78, 5) is 11.4.